The second kappa shape index (κ2) is 6.42. The zero-order valence-corrected chi connectivity index (χ0v) is 16.2. The fourth-order valence-corrected chi connectivity index (χ4v) is 4.89. The maximum Gasteiger partial charge on any atom is 0.210 e. The third-order valence-corrected chi connectivity index (χ3v) is 6.85. The Hall–Kier alpha value is -3.25. The van der Waals surface area contributed by atoms with Crippen molar-refractivity contribution in [2.75, 3.05) is 0 Å². The molecule has 4 rings (SSSR count). The van der Waals surface area contributed by atoms with E-state index in [1.165, 1.54) is 12.1 Å². The number of ketones is 2. The first kappa shape index (κ1) is 18.1. The Morgan fingerprint density at radius 1 is 0.821 bits per heavy atom. The zero-order chi connectivity index (χ0) is 20.1. The molecule has 0 bridgehead atoms. The Morgan fingerprint density at radius 3 is 2.18 bits per heavy atom. The smallest absolute Gasteiger partial charge is 0.210 e. The van der Waals surface area contributed by atoms with Crippen molar-refractivity contribution in [3.8, 4) is 0 Å². The van der Waals surface area contributed by atoms with Crippen molar-refractivity contribution in [1.29, 1.82) is 0 Å². The molecule has 5 nitrogen and oxygen atoms in total. The Bertz CT molecular complexity index is 1310. The van der Waals surface area contributed by atoms with Crippen LogP contribution in [-0.4, -0.2) is 24.6 Å². The maximum atomic E-state index is 12.9. The van der Waals surface area contributed by atoms with Crippen LogP contribution in [0.3, 0.4) is 0 Å². The minimum Gasteiger partial charge on any atom is -0.347 e. The van der Waals surface area contributed by atoms with Gasteiger partial charge in [-0.25, -0.2) is 8.42 Å². The number of rotatable bonds is 3. The fourth-order valence-electron chi connectivity index (χ4n) is 3.53. The summed E-state index contributed by atoms with van der Waals surface area (Å²) in [5, 5.41) is 0.845. The number of sulfone groups is 1. The summed E-state index contributed by atoms with van der Waals surface area (Å²) in [7, 11) is -2.17. The van der Waals surface area contributed by atoms with Gasteiger partial charge < -0.3 is 4.57 Å². The van der Waals surface area contributed by atoms with Crippen molar-refractivity contribution in [1.82, 2.24) is 4.57 Å². The quantitative estimate of drug-likeness (QED) is 0.642. The molecule has 140 valence electrons. The van der Waals surface area contributed by atoms with Crippen molar-refractivity contribution in [3.63, 3.8) is 0 Å². The third-order valence-electron chi connectivity index (χ3n) is 5.06. The molecule has 0 radical (unpaired) electrons. The Morgan fingerprint density at radius 2 is 1.46 bits per heavy atom. The van der Waals surface area contributed by atoms with Crippen LogP contribution in [0.2, 0.25) is 0 Å². The molecule has 0 aliphatic heterocycles. The highest BCUT2D eigenvalue weighted by Crippen LogP contribution is 2.34. The lowest BCUT2D eigenvalue weighted by Crippen LogP contribution is -2.19. The van der Waals surface area contributed by atoms with Crippen LogP contribution in [0.5, 0.6) is 0 Å². The van der Waals surface area contributed by atoms with E-state index in [1.807, 2.05) is 42.8 Å². The Labute approximate surface area is 162 Å². The van der Waals surface area contributed by atoms with Gasteiger partial charge >= 0.3 is 0 Å². The van der Waals surface area contributed by atoms with Crippen LogP contribution in [0.1, 0.15) is 11.3 Å². The Kier molecular flexibility index (Phi) is 4.16. The monoisotopic (exact) mass is 391 g/mol. The van der Waals surface area contributed by atoms with Gasteiger partial charge in [0.1, 0.15) is 4.91 Å². The molecule has 28 heavy (non-hydrogen) atoms. The number of fused-ring (bicyclic) bond motifs is 1. The van der Waals surface area contributed by atoms with E-state index in [0.717, 1.165) is 28.7 Å². The molecule has 1 aliphatic carbocycles. The summed E-state index contributed by atoms with van der Waals surface area (Å²) < 4.78 is 27.5. The molecule has 0 amide bonds. The predicted octanol–water partition coefficient (Wildman–Crippen LogP) is 3.38. The summed E-state index contributed by atoms with van der Waals surface area (Å²) in [6, 6.07) is 15.2. The molecule has 0 saturated carbocycles. The molecule has 0 saturated heterocycles. The minimum atomic E-state index is -4.06. The summed E-state index contributed by atoms with van der Waals surface area (Å²) in [5.41, 5.74) is 2.63. The standard InChI is InChI=1S/C22H17NO4S/c1-14-22(16-10-6-7-11-18(16)23(14)2)17-12-20(25)21(13-19(17)24)28(26,27)15-8-4-3-5-9-15/h3-13H,1-2H3. The van der Waals surface area contributed by atoms with E-state index in [-0.39, 0.29) is 10.5 Å². The van der Waals surface area contributed by atoms with E-state index in [9.17, 15) is 18.0 Å². The molecule has 6 heteroatoms. The highest BCUT2D eigenvalue weighted by molar-refractivity contribution is 7.96. The largest absolute Gasteiger partial charge is 0.347 e. The van der Waals surface area contributed by atoms with Gasteiger partial charge in [0.2, 0.25) is 9.84 Å². The summed E-state index contributed by atoms with van der Waals surface area (Å²) >= 11 is 0. The average Bonchev–Trinajstić information content (AvgIpc) is 2.95. The van der Waals surface area contributed by atoms with Crippen LogP contribution in [0.4, 0.5) is 0 Å². The highest BCUT2D eigenvalue weighted by atomic mass is 32.2. The minimum absolute atomic E-state index is 0.0133. The maximum absolute atomic E-state index is 12.9. The van der Waals surface area contributed by atoms with Gasteiger partial charge in [0.15, 0.2) is 11.6 Å². The van der Waals surface area contributed by atoms with Gasteiger partial charge in [-0.05, 0) is 31.2 Å². The highest BCUT2D eigenvalue weighted by Gasteiger charge is 2.32. The number of aryl methyl sites for hydroxylation is 1. The molecule has 1 aromatic heterocycles. The van der Waals surface area contributed by atoms with E-state index in [4.69, 9.17) is 0 Å². The Balaban J connectivity index is 1.84. The fraction of sp³-hybridized carbons (Fsp3) is 0.0909. The number of aromatic nitrogens is 1. The summed E-state index contributed by atoms with van der Waals surface area (Å²) in [6.45, 7) is 1.87. The van der Waals surface area contributed by atoms with Gasteiger partial charge in [-0.15, -0.1) is 0 Å². The first-order valence-corrected chi connectivity index (χ1v) is 10.2. The van der Waals surface area contributed by atoms with Crippen LogP contribution in [-0.2, 0) is 26.5 Å². The SMILES string of the molecule is Cc1c(C2=CC(=O)C(S(=O)(=O)c3ccccc3)=CC2=O)c2ccccc2n1C. The first-order chi connectivity index (χ1) is 13.3. The molecule has 1 heterocycles. The van der Waals surface area contributed by atoms with E-state index < -0.39 is 26.3 Å². The molecular weight excluding hydrogens is 374 g/mol. The third kappa shape index (κ3) is 2.65. The second-order valence-electron chi connectivity index (χ2n) is 6.65. The van der Waals surface area contributed by atoms with Gasteiger partial charge in [-0.1, -0.05) is 36.4 Å². The van der Waals surface area contributed by atoms with E-state index in [2.05, 4.69) is 0 Å². The van der Waals surface area contributed by atoms with Crippen molar-refractivity contribution in [2.45, 2.75) is 11.8 Å². The summed E-state index contributed by atoms with van der Waals surface area (Å²) in [4.78, 5) is 25.1. The number of nitrogens with zero attached hydrogens (tertiary/aromatic N) is 1. The van der Waals surface area contributed by atoms with Gasteiger partial charge in [0, 0.05) is 40.9 Å². The molecule has 0 unspecified atom stereocenters. The van der Waals surface area contributed by atoms with Crippen molar-refractivity contribution in [3.05, 3.63) is 82.9 Å². The number of benzene rings is 2. The van der Waals surface area contributed by atoms with Gasteiger partial charge in [0.05, 0.1) is 4.90 Å². The van der Waals surface area contributed by atoms with Crippen LogP contribution in [0, 0.1) is 6.92 Å². The molecule has 2 aromatic carbocycles. The molecule has 0 atom stereocenters. The number of carbonyl (C=O) groups excluding carboxylic acids is 2. The number of carbonyl (C=O) groups is 2. The van der Waals surface area contributed by atoms with Crippen molar-refractivity contribution in [2.24, 2.45) is 7.05 Å². The van der Waals surface area contributed by atoms with Crippen LogP contribution in [0.25, 0.3) is 16.5 Å². The van der Waals surface area contributed by atoms with Gasteiger partial charge in [-0.2, -0.15) is 0 Å². The molecule has 0 N–H and O–H groups in total. The topological polar surface area (TPSA) is 73.2 Å². The molecule has 1 aliphatic rings. The van der Waals surface area contributed by atoms with E-state index in [1.54, 1.807) is 18.2 Å². The molecule has 0 fully saturated rings. The number of para-hydroxylation sites is 1. The lowest BCUT2D eigenvalue weighted by molar-refractivity contribution is -0.113. The van der Waals surface area contributed by atoms with Crippen LogP contribution >= 0.6 is 0 Å². The second-order valence-corrected chi connectivity index (χ2v) is 8.57. The molecule has 3 aromatic rings. The van der Waals surface area contributed by atoms with Crippen LogP contribution < -0.4 is 0 Å². The summed E-state index contributed by atoms with van der Waals surface area (Å²) in [6.07, 6.45) is 2.09. The lowest BCUT2D eigenvalue weighted by atomic mass is 9.94. The van der Waals surface area contributed by atoms with Crippen molar-refractivity contribution < 1.29 is 18.0 Å². The van der Waals surface area contributed by atoms with Gasteiger partial charge in [0.25, 0.3) is 0 Å². The van der Waals surface area contributed by atoms with Gasteiger partial charge in [-0.3, -0.25) is 9.59 Å². The number of hydrogen-bond acceptors (Lipinski definition) is 4. The summed E-state index contributed by atoms with van der Waals surface area (Å²) in [5.74, 6) is -1.18. The van der Waals surface area contributed by atoms with Crippen LogP contribution in [0.15, 0.2) is 76.5 Å². The van der Waals surface area contributed by atoms with E-state index in [0.29, 0.717) is 5.56 Å². The zero-order valence-electron chi connectivity index (χ0n) is 15.3. The lowest BCUT2D eigenvalue weighted by Gasteiger charge is -2.13. The number of hydrogen-bond donors (Lipinski definition) is 0. The molecular formula is C22H17NO4S. The average molecular weight is 391 g/mol. The predicted molar refractivity (Wildman–Crippen MR) is 107 cm³/mol. The number of allylic oxidation sites excluding steroid dienone is 4. The first-order valence-electron chi connectivity index (χ1n) is 8.69. The normalized spacial score (nSPS) is 14.9. The van der Waals surface area contributed by atoms with Crippen molar-refractivity contribution >= 4 is 37.9 Å². The van der Waals surface area contributed by atoms with E-state index >= 15 is 0 Å². The molecule has 0 spiro atoms.